The molecule has 26 heavy (non-hydrogen) atoms. The summed E-state index contributed by atoms with van der Waals surface area (Å²) in [4.78, 5) is 0. The van der Waals surface area contributed by atoms with Crippen LogP contribution < -0.4 is 0 Å². The Morgan fingerprint density at radius 1 is 0.808 bits per heavy atom. The summed E-state index contributed by atoms with van der Waals surface area (Å²) in [6, 6.07) is 14.1. The van der Waals surface area contributed by atoms with Crippen molar-refractivity contribution in [2.75, 3.05) is 0 Å². The standard InChI is InChI=1S/C18H8N4S4/c23-15-10-7-6-9(8-4-2-1-3-5-8)12-11(10)14-13(17(15)25)19-20-21-22(14)18(26)16(12)24/h1-7H,(H,19,21). The maximum absolute atomic E-state index is 5.74. The molecule has 8 heteroatoms. The molecule has 0 radical (unpaired) electrons. The van der Waals surface area contributed by atoms with Crippen molar-refractivity contribution >= 4 is 76.1 Å². The van der Waals surface area contributed by atoms with E-state index in [2.05, 4.69) is 27.7 Å². The Morgan fingerprint density at radius 3 is 2.35 bits per heavy atom. The van der Waals surface area contributed by atoms with Gasteiger partial charge in [-0.05, 0) is 11.1 Å². The first-order chi connectivity index (χ1) is 12.6. The molecule has 3 aromatic carbocycles. The predicted molar refractivity (Wildman–Crippen MR) is 113 cm³/mol. The van der Waals surface area contributed by atoms with E-state index >= 15 is 0 Å². The minimum Gasteiger partial charge on any atom is -0.224 e. The van der Waals surface area contributed by atoms with Crippen molar-refractivity contribution in [3.8, 4) is 11.1 Å². The van der Waals surface area contributed by atoms with Crippen LogP contribution in [0.25, 0.3) is 38.3 Å². The molecule has 0 fully saturated rings. The van der Waals surface area contributed by atoms with E-state index in [-0.39, 0.29) is 0 Å². The van der Waals surface area contributed by atoms with Crippen LogP contribution in [0, 0.1) is 18.2 Å². The average Bonchev–Trinajstić information content (AvgIpc) is 2.69. The van der Waals surface area contributed by atoms with E-state index in [9.17, 15) is 0 Å². The fraction of sp³-hybridized carbons (Fsp3) is 0. The maximum Gasteiger partial charge on any atom is 0.146 e. The maximum atomic E-state index is 5.74. The Labute approximate surface area is 167 Å². The second-order valence-corrected chi connectivity index (χ2v) is 7.51. The van der Waals surface area contributed by atoms with Gasteiger partial charge in [0, 0.05) is 16.2 Å². The lowest BCUT2D eigenvalue weighted by atomic mass is 9.95. The molecule has 5 aromatic rings. The number of nitrogens with zero attached hydrogens (tertiary/aromatic N) is 3. The third kappa shape index (κ3) is 1.98. The minimum atomic E-state index is 0.476. The SMILES string of the molecule is S=c1c(=S)c2nn[nH]n3c(=S)c(=S)c4c(-c5ccccc5)ccc1c4c23. The van der Waals surface area contributed by atoms with Gasteiger partial charge in [0.15, 0.2) is 0 Å². The monoisotopic (exact) mass is 408 g/mol. The van der Waals surface area contributed by atoms with Gasteiger partial charge in [0.05, 0.1) is 13.5 Å². The van der Waals surface area contributed by atoms with Crippen LogP contribution in [0.1, 0.15) is 0 Å². The molecule has 0 unspecified atom stereocenters. The first kappa shape index (κ1) is 16.0. The van der Waals surface area contributed by atoms with Crippen molar-refractivity contribution in [2.45, 2.75) is 0 Å². The zero-order valence-electron chi connectivity index (χ0n) is 13.0. The molecule has 1 N–H and O–H groups in total. The van der Waals surface area contributed by atoms with Gasteiger partial charge in [-0.3, -0.25) is 0 Å². The zero-order valence-corrected chi connectivity index (χ0v) is 16.3. The molecule has 0 aliphatic rings. The predicted octanol–water partition coefficient (Wildman–Crippen LogP) is 5.82. The van der Waals surface area contributed by atoms with Crippen LogP contribution in [0.4, 0.5) is 0 Å². The first-order valence-electron chi connectivity index (χ1n) is 7.71. The van der Waals surface area contributed by atoms with Gasteiger partial charge in [-0.2, -0.15) is 5.21 Å². The second-order valence-electron chi connectivity index (χ2n) is 5.90. The largest absolute Gasteiger partial charge is 0.224 e. The van der Waals surface area contributed by atoms with Crippen molar-refractivity contribution in [3.63, 3.8) is 0 Å². The highest BCUT2D eigenvalue weighted by Crippen LogP contribution is 2.38. The van der Waals surface area contributed by atoms with E-state index in [0.717, 1.165) is 32.8 Å². The van der Waals surface area contributed by atoms with Crippen molar-refractivity contribution in [3.05, 3.63) is 60.6 Å². The molecule has 124 valence electrons. The lowest BCUT2D eigenvalue weighted by Gasteiger charge is -2.14. The Hall–Kier alpha value is -2.26. The van der Waals surface area contributed by atoms with Crippen LogP contribution in [-0.2, 0) is 0 Å². The van der Waals surface area contributed by atoms with E-state index in [1.54, 1.807) is 4.52 Å². The highest BCUT2D eigenvalue weighted by atomic mass is 32.1. The van der Waals surface area contributed by atoms with E-state index in [1.807, 2.05) is 30.3 Å². The summed E-state index contributed by atoms with van der Waals surface area (Å²) >= 11 is 22.5. The number of nitrogens with one attached hydrogen (secondary N) is 1. The molecule has 0 bridgehead atoms. The average molecular weight is 409 g/mol. The number of hydrogen-bond donors (Lipinski definition) is 1. The lowest BCUT2D eigenvalue weighted by molar-refractivity contribution is 0.733. The van der Waals surface area contributed by atoms with Gasteiger partial charge in [-0.25, -0.2) is 4.52 Å². The van der Waals surface area contributed by atoms with E-state index in [4.69, 9.17) is 48.9 Å². The van der Waals surface area contributed by atoms with Crippen LogP contribution in [0.2, 0.25) is 0 Å². The summed E-state index contributed by atoms with van der Waals surface area (Å²) in [5.74, 6) is 0. The molecule has 0 aliphatic carbocycles. The smallest absolute Gasteiger partial charge is 0.146 e. The van der Waals surface area contributed by atoms with Gasteiger partial charge in [-0.15, -0.1) is 5.10 Å². The third-order valence-corrected chi connectivity index (χ3v) is 6.42. The number of pyridine rings is 1. The molecule has 2 aromatic heterocycles. The molecule has 2 heterocycles. The summed E-state index contributed by atoms with van der Waals surface area (Å²) in [6.45, 7) is 0. The summed E-state index contributed by atoms with van der Waals surface area (Å²) in [5.41, 5.74) is 3.42. The zero-order chi connectivity index (χ0) is 18.0. The molecule has 0 spiro atoms. The van der Waals surface area contributed by atoms with Crippen molar-refractivity contribution < 1.29 is 0 Å². The number of H-pyrrole nitrogens is 1. The molecule has 0 saturated carbocycles. The Kier molecular flexibility index (Phi) is 3.45. The van der Waals surface area contributed by atoms with Crippen LogP contribution in [0.5, 0.6) is 0 Å². The van der Waals surface area contributed by atoms with Gasteiger partial charge in [0.2, 0.25) is 0 Å². The van der Waals surface area contributed by atoms with Crippen LogP contribution >= 0.6 is 48.9 Å². The van der Waals surface area contributed by atoms with Crippen LogP contribution in [0.15, 0.2) is 42.5 Å². The number of aromatic amines is 1. The number of aromatic nitrogens is 4. The van der Waals surface area contributed by atoms with Gasteiger partial charge < -0.3 is 0 Å². The third-order valence-electron chi connectivity index (χ3n) is 4.56. The first-order valence-corrected chi connectivity index (χ1v) is 9.34. The Balaban J connectivity index is 2.23. The van der Waals surface area contributed by atoms with Gasteiger partial charge >= 0.3 is 0 Å². The quantitative estimate of drug-likeness (QED) is 0.278. The summed E-state index contributed by atoms with van der Waals surface area (Å²) in [5, 5.41) is 13.6. The minimum absolute atomic E-state index is 0.476. The highest BCUT2D eigenvalue weighted by Gasteiger charge is 2.18. The number of rotatable bonds is 1. The van der Waals surface area contributed by atoms with Crippen molar-refractivity contribution in [1.29, 1.82) is 0 Å². The summed E-state index contributed by atoms with van der Waals surface area (Å²) < 4.78 is 3.83. The summed E-state index contributed by atoms with van der Waals surface area (Å²) in [6.07, 6.45) is 0. The lowest BCUT2D eigenvalue weighted by Crippen LogP contribution is -2.05. The van der Waals surface area contributed by atoms with Gasteiger partial charge in [0.1, 0.15) is 15.7 Å². The van der Waals surface area contributed by atoms with Gasteiger partial charge in [0.25, 0.3) is 0 Å². The van der Waals surface area contributed by atoms with E-state index < -0.39 is 0 Å². The van der Waals surface area contributed by atoms with Crippen molar-refractivity contribution in [2.24, 2.45) is 0 Å². The summed E-state index contributed by atoms with van der Waals surface area (Å²) in [7, 11) is 0. The molecule has 0 atom stereocenters. The topological polar surface area (TPSA) is 46.0 Å². The normalized spacial score (nSPS) is 11.7. The number of hydrogen-bond acceptors (Lipinski definition) is 6. The van der Waals surface area contributed by atoms with Crippen LogP contribution in [0.3, 0.4) is 0 Å². The Morgan fingerprint density at radius 2 is 1.58 bits per heavy atom. The number of benzene rings is 3. The molecule has 0 aliphatic heterocycles. The van der Waals surface area contributed by atoms with Crippen molar-refractivity contribution in [1.82, 2.24) is 20.0 Å². The highest BCUT2D eigenvalue weighted by molar-refractivity contribution is 7.74. The molecule has 0 saturated heterocycles. The molecular formula is C18H8N4S4. The fourth-order valence-corrected chi connectivity index (χ4v) is 4.47. The Bertz CT molecular complexity index is 1540. The molecule has 4 nitrogen and oxygen atoms in total. The van der Waals surface area contributed by atoms with E-state index in [1.165, 1.54) is 0 Å². The molecular weight excluding hydrogens is 400 g/mol. The fourth-order valence-electron chi connectivity index (χ4n) is 3.42. The molecule has 5 rings (SSSR count). The van der Waals surface area contributed by atoms with E-state index in [0.29, 0.717) is 23.7 Å². The van der Waals surface area contributed by atoms with Crippen LogP contribution in [-0.4, -0.2) is 20.0 Å². The molecule has 0 amide bonds. The van der Waals surface area contributed by atoms with Gasteiger partial charge in [-0.1, -0.05) is 96.5 Å². The second kappa shape index (κ2) is 5.62.